The molecule has 32 heavy (non-hydrogen) atoms. The molecule has 0 aliphatic carbocycles. The first kappa shape index (κ1) is 27.4. The molecule has 1 unspecified atom stereocenters. The number of ether oxygens (including phenoxy) is 1. The van der Waals surface area contributed by atoms with Gasteiger partial charge in [-0.05, 0) is 39.8 Å². The van der Waals surface area contributed by atoms with Gasteiger partial charge < -0.3 is 15.4 Å². The van der Waals surface area contributed by atoms with E-state index in [1.165, 1.54) is 32.0 Å². The summed E-state index contributed by atoms with van der Waals surface area (Å²) in [6, 6.07) is 2.19. The molecule has 1 aromatic rings. The Morgan fingerprint density at radius 3 is 2.34 bits per heavy atom. The van der Waals surface area contributed by atoms with Gasteiger partial charge in [0.15, 0.2) is 0 Å². The van der Waals surface area contributed by atoms with E-state index in [0.717, 1.165) is 6.07 Å². The quantitative estimate of drug-likeness (QED) is 0.256. The minimum Gasteiger partial charge on any atom is -0.444 e. The second-order valence-electron chi connectivity index (χ2n) is 8.22. The van der Waals surface area contributed by atoms with Crippen LogP contribution in [0.25, 0.3) is 0 Å². The molecule has 0 fully saturated rings. The Bertz CT molecular complexity index is 940. The van der Waals surface area contributed by atoms with Gasteiger partial charge in [-0.15, -0.1) is 0 Å². The number of halogens is 4. The van der Waals surface area contributed by atoms with Crippen LogP contribution >= 0.6 is 0 Å². The van der Waals surface area contributed by atoms with Crippen LogP contribution in [0.5, 0.6) is 0 Å². The zero-order valence-electron chi connectivity index (χ0n) is 18.6. The predicted octanol–water partition coefficient (Wildman–Crippen LogP) is 2.69. The van der Waals surface area contributed by atoms with Crippen molar-refractivity contribution in [3.63, 3.8) is 0 Å². The molecule has 2 atom stereocenters. The number of nitrogens with two attached hydrogens (primary N) is 1. The van der Waals surface area contributed by atoms with Crippen molar-refractivity contribution in [3.8, 4) is 0 Å². The molecular formula is C18H28F4N6O3S. The summed E-state index contributed by atoms with van der Waals surface area (Å²) in [5.41, 5.74) is 2.65. The monoisotopic (exact) mass is 484 g/mol. The van der Waals surface area contributed by atoms with Gasteiger partial charge in [0.1, 0.15) is 35.0 Å². The summed E-state index contributed by atoms with van der Waals surface area (Å²) in [5.74, 6) is -1.72. The third kappa shape index (κ3) is 9.24. The first-order valence-electron chi connectivity index (χ1n) is 9.30. The Kier molecular flexibility index (Phi) is 8.83. The lowest BCUT2D eigenvalue weighted by molar-refractivity contribution is -0.117. The smallest absolute Gasteiger partial charge is 0.414 e. The molecule has 1 heterocycles. The number of hydrogen-bond acceptors (Lipinski definition) is 7. The number of carbonyl (C=O) groups excluding carboxylic acids is 1. The number of anilines is 1. The normalized spacial score (nSPS) is 15.8. The summed E-state index contributed by atoms with van der Waals surface area (Å²) in [6.45, 7) is 4.59. The number of nitrogens with zero attached hydrogens (tertiary/aromatic N) is 4. The molecule has 0 radical (unpaired) electrons. The third-order valence-corrected chi connectivity index (χ3v) is 4.96. The van der Waals surface area contributed by atoms with Gasteiger partial charge in [-0.25, -0.2) is 23.5 Å². The fraction of sp³-hybridized carbons (Fsp3) is 0.611. The molecule has 0 bridgehead atoms. The van der Waals surface area contributed by atoms with Crippen LogP contribution in [0.3, 0.4) is 0 Å². The number of hydrogen-bond donors (Lipinski definition) is 3. The fourth-order valence-electron chi connectivity index (χ4n) is 2.34. The number of rotatable bonds is 5. The second-order valence-corrected chi connectivity index (χ2v) is 9.53. The molecule has 0 aliphatic rings. The summed E-state index contributed by atoms with van der Waals surface area (Å²) >= 11 is 0. The van der Waals surface area contributed by atoms with E-state index in [2.05, 4.69) is 19.7 Å². The Morgan fingerprint density at radius 2 is 1.84 bits per heavy atom. The van der Waals surface area contributed by atoms with Crippen LogP contribution in [0.4, 0.5) is 28.2 Å². The lowest BCUT2D eigenvalue weighted by Crippen LogP contribution is -2.45. The number of nitrogens with one attached hydrogen (secondary N) is 1. The van der Waals surface area contributed by atoms with E-state index in [1.54, 1.807) is 20.8 Å². The molecule has 0 aromatic carbocycles. The standard InChI is InChI=1S/C18H28F4N6O3S/c1-16(2,3)31-15(29)26-14(28(5)6)27-17(4,10-32(30)24-9-18(20,21)22)13-11(19)7-8-12(23)25-13/h7-8,32H,9-10H2,1-6H3,(H2,23,25)(H,26,27,29)/t17-/m0/s1. The fourth-order valence-corrected chi connectivity index (χ4v) is 3.50. The molecule has 0 saturated heterocycles. The SMILES string of the molecule is CN(C)/C(=N\[C@@](C)(C/[SH](=O)=N/CC(F)(F)F)c1nc(N)ccc1F)NC(=O)OC(C)(C)C. The van der Waals surface area contributed by atoms with Crippen molar-refractivity contribution in [2.75, 3.05) is 32.1 Å². The van der Waals surface area contributed by atoms with Crippen molar-refractivity contribution in [2.24, 2.45) is 9.36 Å². The summed E-state index contributed by atoms with van der Waals surface area (Å²) in [5, 5.41) is 2.39. The average Bonchev–Trinajstić information content (AvgIpc) is 2.59. The number of alkyl halides is 3. The summed E-state index contributed by atoms with van der Waals surface area (Å²) in [7, 11) is 0.183. The minimum absolute atomic E-state index is 0.0863. The number of nitrogen functional groups attached to an aromatic ring is 1. The number of thiol groups is 1. The molecule has 1 aromatic heterocycles. The number of carbonyl (C=O) groups is 1. The van der Waals surface area contributed by atoms with E-state index in [4.69, 9.17) is 10.5 Å². The molecule has 182 valence electrons. The van der Waals surface area contributed by atoms with Crippen molar-refractivity contribution in [1.82, 2.24) is 15.2 Å². The number of amides is 1. The highest BCUT2D eigenvalue weighted by Gasteiger charge is 2.34. The molecule has 14 heteroatoms. The van der Waals surface area contributed by atoms with Crippen LogP contribution in [0.2, 0.25) is 0 Å². The molecule has 1 amide bonds. The van der Waals surface area contributed by atoms with E-state index >= 15 is 0 Å². The van der Waals surface area contributed by atoms with E-state index in [1.807, 2.05) is 0 Å². The van der Waals surface area contributed by atoms with E-state index in [0.29, 0.717) is 0 Å². The highest BCUT2D eigenvalue weighted by molar-refractivity contribution is 7.74. The summed E-state index contributed by atoms with van der Waals surface area (Å²) in [6.07, 6.45) is -5.53. The molecule has 0 spiro atoms. The lowest BCUT2D eigenvalue weighted by atomic mass is 10.00. The number of guanidine groups is 1. The molecule has 0 aliphatic heterocycles. The molecular weight excluding hydrogens is 456 g/mol. The van der Waals surface area contributed by atoms with Crippen LogP contribution < -0.4 is 11.1 Å². The van der Waals surface area contributed by atoms with Crippen molar-refractivity contribution in [1.29, 1.82) is 0 Å². The van der Waals surface area contributed by atoms with Crippen molar-refractivity contribution >= 4 is 28.5 Å². The highest BCUT2D eigenvalue weighted by Crippen LogP contribution is 2.28. The van der Waals surface area contributed by atoms with E-state index in [-0.39, 0.29) is 17.5 Å². The van der Waals surface area contributed by atoms with Gasteiger partial charge in [0.2, 0.25) is 5.96 Å². The van der Waals surface area contributed by atoms with Gasteiger partial charge in [0.05, 0.1) is 5.75 Å². The minimum atomic E-state index is -4.65. The summed E-state index contributed by atoms with van der Waals surface area (Å²) in [4.78, 5) is 21.7. The first-order valence-corrected chi connectivity index (χ1v) is 10.7. The maximum absolute atomic E-state index is 14.6. The number of aromatic nitrogens is 1. The summed E-state index contributed by atoms with van der Waals surface area (Å²) < 4.78 is 72.7. The van der Waals surface area contributed by atoms with Gasteiger partial charge >= 0.3 is 12.3 Å². The van der Waals surface area contributed by atoms with E-state index in [9.17, 15) is 26.6 Å². The van der Waals surface area contributed by atoms with Gasteiger partial charge in [0.25, 0.3) is 0 Å². The zero-order valence-corrected chi connectivity index (χ0v) is 19.5. The topological polar surface area (TPSA) is 122 Å². The van der Waals surface area contributed by atoms with Crippen molar-refractivity contribution in [3.05, 3.63) is 23.6 Å². The zero-order chi connectivity index (χ0) is 24.9. The molecule has 9 nitrogen and oxygen atoms in total. The van der Waals surface area contributed by atoms with Gasteiger partial charge in [0, 0.05) is 24.7 Å². The van der Waals surface area contributed by atoms with Gasteiger partial charge in [-0.2, -0.15) is 13.2 Å². The Hall–Kier alpha value is -2.64. The predicted molar refractivity (Wildman–Crippen MR) is 114 cm³/mol. The highest BCUT2D eigenvalue weighted by atomic mass is 32.2. The number of pyridine rings is 1. The molecule has 1 rings (SSSR count). The third-order valence-electron chi connectivity index (χ3n) is 3.62. The van der Waals surface area contributed by atoms with Crippen LogP contribution in [-0.2, 0) is 20.9 Å². The Balaban J connectivity index is 3.50. The lowest BCUT2D eigenvalue weighted by Gasteiger charge is -2.28. The van der Waals surface area contributed by atoms with Gasteiger partial charge in [-0.3, -0.25) is 9.53 Å². The second kappa shape index (κ2) is 10.3. The molecule has 3 N–H and O–H groups in total. The molecule has 0 saturated carbocycles. The van der Waals surface area contributed by atoms with Crippen LogP contribution in [0, 0.1) is 5.82 Å². The first-order chi connectivity index (χ1) is 14.4. The average molecular weight is 485 g/mol. The van der Waals surface area contributed by atoms with E-state index < -0.39 is 52.1 Å². The van der Waals surface area contributed by atoms with Crippen LogP contribution in [0.15, 0.2) is 21.5 Å². The number of aliphatic imine (C=N–C) groups is 1. The van der Waals surface area contributed by atoms with Gasteiger partial charge in [-0.1, -0.05) is 0 Å². The van der Waals surface area contributed by atoms with Crippen LogP contribution in [-0.4, -0.2) is 64.3 Å². The van der Waals surface area contributed by atoms with Crippen molar-refractivity contribution < 1.29 is 31.3 Å². The maximum Gasteiger partial charge on any atom is 0.414 e. The number of alkyl carbamates (subject to hydrolysis) is 1. The van der Waals surface area contributed by atoms with Crippen molar-refractivity contribution in [2.45, 2.75) is 45.0 Å². The van der Waals surface area contributed by atoms with Crippen LogP contribution in [0.1, 0.15) is 33.4 Å². The maximum atomic E-state index is 14.6. The largest absolute Gasteiger partial charge is 0.444 e. The Labute approximate surface area is 185 Å². The Morgan fingerprint density at radius 1 is 1.25 bits per heavy atom.